The topological polar surface area (TPSA) is 35.5 Å². The zero-order valence-electron chi connectivity index (χ0n) is 12.8. The van der Waals surface area contributed by atoms with Crippen molar-refractivity contribution in [2.45, 2.75) is 39.9 Å². The van der Waals surface area contributed by atoms with Gasteiger partial charge in [-0.15, -0.1) is 6.58 Å². The molecule has 3 heteroatoms. The minimum Gasteiger partial charge on any atom is -0.454 e. The van der Waals surface area contributed by atoms with Crippen molar-refractivity contribution in [2.75, 3.05) is 6.61 Å². The number of hydrogen-bond donors (Lipinski definition) is 0. The first-order chi connectivity index (χ1) is 9.40. The molecule has 0 aliphatic rings. The molecule has 0 spiro atoms. The highest BCUT2D eigenvalue weighted by Gasteiger charge is 2.30. The van der Waals surface area contributed by atoms with Gasteiger partial charge in [-0.3, -0.25) is 4.79 Å². The van der Waals surface area contributed by atoms with Gasteiger partial charge in [-0.2, -0.15) is 0 Å². The molecule has 0 heterocycles. The molecule has 20 heavy (non-hydrogen) atoms. The van der Waals surface area contributed by atoms with E-state index in [1.165, 1.54) is 0 Å². The van der Waals surface area contributed by atoms with Crippen LogP contribution in [0.1, 0.15) is 39.4 Å². The molecule has 110 valence electrons. The maximum atomic E-state index is 12.2. The monoisotopic (exact) mass is 276 g/mol. The van der Waals surface area contributed by atoms with E-state index in [0.29, 0.717) is 6.61 Å². The first kappa shape index (κ1) is 16.4. The Balaban J connectivity index is 3.02. The Hall–Kier alpha value is -1.61. The van der Waals surface area contributed by atoms with Crippen molar-refractivity contribution < 1.29 is 14.3 Å². The Morgan fingerprint density at radius 2 is 1.90 bits per heavy atom. The lowest BCUT2D eigenvalue weighted by Gasteiger charge is -2.28. The molecule has 0 fully saturated rings. The van der Waals surface area contributed by atoms with Crippen LogP contribution in [0.5, 0.6) is 0 Å². The van der Waals surface area contributed by atoms with Crippen LogP contribution >= 0.6 is 0 Å². The molecule has 0 saturated heterocycles. The highest BCUT2D eigenvalue weighted by molar-refractivity contribution is 5.75. The molecule has 0 bridgehead atoms. The molecule has 2 atom stereocenters. The Morgan fingerprint density at radius 1 is 1.30 bits per heavy atom. The predicted octanol–water partition coefficient (Wildman–Crippen LogP) is 3.91. The van der Waals surface area contributed by atoms with E-state index in [2.05, 4.69) is 6.58 Å². The summed E-state index contributed by atoms with van der Waals surface area (Å²) in [6, 6.07) is 9.61. The second-order valence-corrected chi connectivity index (χ2v) is 5.64. The van der Waals surface area contributed by atoms with Crippen molar-refractivity contribution in [3.63, 3.8) is 0 Å². The lowest BCUT2D eigenvalue weighted by atomic mass is 9.96. The summed E-state index contributed by atoms with van der Waals surface area (Å²) in [5.41, 5.74) is 0.355. The fraction of sp³-hybridized carbons (Fsp3) is 0.471. The third-order valence-corrected chi connectivity index (χ3v) is 2.86. The van der Waals surface area contributed by atoms with Crippen molar-refractivity contribution in [3.05, 3.63) is 48.6 Å². The predicted molar refractivity (Wildman–Crippen MR) is 80.3 cm³/mol. The number of rotatable bonds is 6. The summed E-state index contributed by atoms with van der Waals surface area (Å²) in [6.07, 6.45) is 0.853. The zero-order valence-corrected chi connectivity index (χ0v) is 12.8. The molecule has 0 aliphatic heterocycles. The normalized spacial score (nSPS) is 14.4. The summed E-state index contributed by atoms with van der Waals surface area (Å²) in [4.78, 5) is 12.2. The number of benzene rings is 1. The second kappa shape index (κ2) is 7.25. The Kier molecular flexibility index (Phi) is 5.96. The fourth-order valence-electron chi connectivity index (χ4n) is 1.73. The molecule has 0 radical (unpaired) electrons. The van der Waals surface area contributed by atoms with E-state index in [1.807, 2.05) is 58.0 Å². The van der Waals surface area contributed by atoms with Crippen molar-refractivity contribution in [3.8, 4) is 0 Å². The molecule has 0 aliphatic carbocycles. The first-order valence-electron chi connectivity index (χ1n) is 6.90. The van der Waals surface area contributed by atoms with Gasteiger partial charge in [0.15, 0.2) is 6.10 Å². The summed E-state index contributed by atoms with van der Waals surface area (Å²) in [6.45, 7) is 11.7. The SMILES string of the molecule is C=CC(OCC)C(OC(=O)C(C)(C)C)c1ccccc1. The maximum absolute atomic E-state index is 12.2. The lowest BCUT2D eigenvalue weighted by molar-refractivity contribution is -0.165. The summed E-state index contributed by atoms with van der Waals surface area (Å²) < 4.78 is 11.3. The molecule has 0 aromatic heterocycles. The van der Waals surface area contributed by atoms with E-state index >= 15 is 0 Å². The molecule has 0 saturated carbocycles. The summed E-state index contributed by atoms with van der Waals surface area (Å²) >= 11 is 0. The molecule has 0 N–H and O–H groups in total. The molecule has 1 aromatic rings. The van der Waals surface area contributed by atoms with Crippen LogP contribution in [0.2, 0.25) is 0 Å². The van der Waals surface area contributed by atoms with E-state index in [-0.39, 0.29) is 12.1 Å². The number of ether oxygens (including phenoxy) is 2. The maximum Gasteiger partial charge on any atom is 0.311 e. The van der Waals surface area contributed by atoms with Crippen LogP contribution in [0.3, 0.4) is 0 Å². The lowest BCUT2D eigenvalue weighted by Crippen LogP contribution is -2.30. The van der Waals surface area contributed by atoms with E-state index in [4.69, 9.17) is 9.47 Å². The Bertz CT molecular complexity index is 431. The van der Waals surface area contributed by atoms with Crippen molar-refractivity contribution in [1.29, 1.82) is 0 Å². The van der Waals surface area contributed by atoms with Crippen molar-refractivity contribution >= 4 is 5.97 Å². The van der Waals surface area contributed by atoms with Crippen LogP contribution in [-0.2, 0) is 14.3 Å². The molecule has 0 amide bonds. The van der Waals surface area contributed by atoms with E-state index in [9.17, 15) is 4.79 Å². The van der Waals surface area contributed by atoms with Gasteiger partial charge < -0.3 is 9.47 Å². The van der Waals surface area contributed by atoms with Crippen LogP contribution in [0.4, 0.5) is 0 Å². The molecular weight excluding hydrogens is 252 g/mol. The minimum atomic E-state index is -0.551. The molecule has 2 unspecified atom stereocenters. The minimum absolute atomic E-state index is 0.252. The number of carbonyl (C=O) groups is 1. The van der Waals surface area contributed by atoms with Crippen LogP contribution in [0.15, 0.2) is 43.0 Å². The van der Waals surface area contributed by atoms with Gasteiger partial charge in [0, 0.05) is 6.61 Å². The summed E-state index contributed by atoms with van der Waals surface area (Å²) in [7, 11) is 0. The van der Waals surface area contributed by atoms with Gasteiger partial charge in [-0.05, 0) is 33.3 Å². The smallest absolute Gasteiger partial charge is 0.311 e. The van der Waals surface area contributed by atoms with Gasteiger partial charge in [0.2, 0.25) is 0 Å². The van der Waals surface area contributed by atoms with Crippen molar-refractivity contribution in [2.24, 2.45) is 5.41 Å². The van der Waals surface area contributed by atoms with Gasteiger partial charge in [-0.1, -0.05) is 36.4 Å². The molecule has 1 aromatic carbocycles. The molecule has 1 rings (SSSR count). The van der Waals surface area contributed by atoms with Gasteiger partial charge in [0.1, 0.15) is 6.10 Å². The third kappa shape index (κ3) is 4.49. The van der Waals surface area contributed by atoms with Crippen LogP contribution in [0.25, 0.3) is 0 Å². The quantitative estimate of drug-likeness (QED) is 0.584. The van der Waals surface area contributed by atoms with Gasteiger partial charge in [-0.25, -0.2) is 0 Å². The highest BCUT2D eigenvalue weighted by atomic mass is 16.6. The fourth-order valence-corrected chi connectivity index (χ4v) is 1.73. The van der Waals surface area contributed by atoms with E-state index in [1.54, 1.807) is 6.08 Å². The second-order valence-electron chi connectivity index (χ2n) is 5.64. The molecule has 3 nitrogen and oxygen atoms in total. The Labute approximate surface area is 121 Å². The molecular formula is C17H24O3. The Morgan fingerprint density at radius 3 is 2.35 bits per heavy atom. The summed E-state index contributed by atoms with van der Waals surface area (Å²) in [5, 5.41) is 0. The highest BCUT2D eigenvalue weighted by Crippen LogP contribution is 2.28. The van der Waals surface area contributed by atoms with E-state index < -0.39 is 11.5 Å². The van der Waals surface area contributed by atoms with Gasteiger partial charge in [0.25, 0.3) is 0 Å². The van der Waals surface area contributed by atoms with Gasteiger partial charge in [0.05, 0.1) is 5.41 Å². The number of hydrogen-bond acceptors (Lipinski definition) is 3. The van der Waals surface area contributed by atoms with E-state index in [0.717, 1.165) is 5.56 Å². The average Bonchev–Trinajstić information content (AvgIpc) is 2.42. The third-order valence-electron chi connectivity index (χ3n) is 2.86. The summed E-state index contributed by atoms with van der Waals surface area (Å²) in [5.74, 6) is -0.252. The van der Waals surface area contributed by atoms with Gasteiger partial charge >= 0.3 is 5.97 Å². The van der Waals surface area contributed by atoms with Crippen LogP contribution in [-0.4, -0.2) is 18.7 Å². The average molecular weight is 276 g/mol. The zero-order chi connectivity index (χ0) is 15.2. The number of esters is 1. The van der Waals surface area contributed by atoms with Crippen molar-refractivity contribution in [1.82, 2.24) is 0 Å². The number of carbonyl (C=O) groups excluding carboxylic acids is 1. The first-order valence-corrected chi connectivity index (χ1v) is 6.90. The largest absolute Gasteiger partial charge is 0.454 e. The van der Waals surface area contributed by atoms with Crippen LogP contribution < -0.4 is 0 Å². The standard InChI is InChI=1S/C17H24O3/c1-6-14(19-7-2)15(13-11-9-8-10-12-13)20-16(18)17(3,4)5/h6,8-12,14-15H,1,7H2,2-5H3. The van der Waals surface area contributed by atoms with Crippen LogP contribution in [0, 0.1) is 5.41 Å².